The smallest absolute Gasteiger partial charge is 0.339 e. The summed E-state index contributed by atoms with van der Waals surface area (Å²) < 4.78 is 4.88. The molecule has 3 N–H and O–H groups in total. The Morgan fingerprint density at radius 3 is 2.24 bits per heavy atom. The van der Waals surface area contributed by atoms with Crippen LogP contribution < -0.4 is 16.0 Å². The third-order valence-electron chi connectivity index (χ3n) is 6.66. The minimum Gasteiger partial charge on any atom is -0.465 e. The largest absolute Gasteiger partial charge is 0.465 e. The number of nitrogens with one attached hydrogen (secondary N) is 3. The Labute approximate surface area is 274 Å². The molecule has 1 aromatic heterocycles. The van der Waals surface area contributed by atoms with Gasteiger partial charge in [-0.2, -0.15) is 11.3 Å². The van der Waals surface area contributed by atoms with Crippen LogP contribution in [0.25, 0.3) is 6.08 Å². The molecular formula is C36H29N3O5S2. The summed E-state index contributed by atoms with van der Waals surface area (Å²) in [4.78, 5) is 53.1. The Kier molecular flexibility index (Phi) is 10.8. The Balaban J connectivity index is 1.37. The van der Waals surface area contributed by atoms with Crippen LogP contribution in [0.2, 0.25) is 0 Å². The summed E-state index contributed by atoms with van der Waals surface area (Å²) in [5, 5.41) is 11.6. The first kappa shape index (κ1) is 32.0. The summed E-state index contributed by atoms with van der Waals surface area (Å²) in [6.07, 6.45) is 1.62. The highest BCUT2D eigenvalue weighted by molar-refractivity contribution is 8.00. The average Bonchev–Trinajstić information content (AvgIpc) is 3.61. The number of para-hydroxylation sites is 1. The van der Waals surface area contributed by atoms with E-state index in [2.05, 4.69) is 16.0 Å². The number of ether oxygens (including phenoxy) is 1. The van der Waals surface area contributed by atoms with Gasteiger partial charge in [0.05, 0.1) is 18.4 Å². The number of hydrogen-bond acceptors (Lipinski definition) is 7. The van der Waals surface area contributed by atoms with E-state index in [1.807, 2.05) is 59.3 Å². The number of thioether (sulfide) groups is 1. The predicted molar refractivity (Wildman–Crippen MR) is 183 cm³/mol. The molecule has 10 heteroatoms. The summed E-state index contributed by atoms with van der Waals surface area (Å²) in [6, 6.07) is 33.5. The molecule has 46 heavy (non-hydrogen) atoms. The molecule has 0 saturated heterocycles. The van der Waals surface area contributed by atoms with Gasteiger partial charge in [0.15, 0.2) is 0 Å². The lowest BCUT2D eigenvalue weighted by Crippen LogP contribution is -2.30. The Hall–Kier alpha value is -5.45. The Bertz CT molecular complexity index is 1860. The van der Waals surface area contributed by atoms with Crippen molar-refractivity contribution in [3.05, 3.63) is 154 Å². The van der Waals surface area contributed by atoms with Crippen molar-refractivity contribution in [1.82, 2.24) is 5.32 Å². The second-order valence-corrected chi connectivity index (χ2v) is 11.8. The highest BCUT2D eigenvalue weighted by Gasteiger charge is 2.24. The zero-order chi connectivity index (χ0) is 32.3. The summed E-state index contributed by atoms with van der Waals surface area (Å²) in [7, 11) is 1.29. The number of carbonyl (C=O) groups is 4. The van der Waals surface area contributed by atoms with Crippen molar-refractivity contribution < 1.29 is 23.9 Å². The molecule has 0 spiro atoms. The first-order chi connectivity index (χ1) is 22.4. The fourth-order valence-electron chi connectivity index (χ4n) is 4.43. The number of methoxy groups -OCH3 is 1. The Morgan fingerprint density at radius 2 is 1.52 bits per heavy atom. The molecule has 0 bridgehead atoms. The third-order valence-corrected chi connectivity index (χ3v) is 8.61. The van der Waals surface area contributed by atoms with E-state index in [-0.39, 0.29) is 17.2 Å². The molecule has 5 aromatic rings. The van der Waals surface area contributed by atoms with E-state index < -0.39 is 23.0 Å². The zero-order valence-corrected chi connectivity index (χ0v) is 26.3. The predicted octanol–water partition coefficient (Wildman–Crippen LogP) is 7.42. The number of thiophene rings is 1. The van der Waals surface area contributed by atoms with Crippen molar-refractivity contribution in [3.8, 4) is 0 Å². The van der Waals surface area contributed by atoms with E-state index in [0.717, 1.165) is 11.1 Å². The molecule has 0 radical (unpaired) electrons. The van der Waals surface area contributed by atoms with Crippen molar-refractivity contribution >= 4 is 64.2 Å². The molecule has 1 atom stereocenters. The van der Waals surface area contributed by atoms with Crippen molar-refractivity contribution in [3.63, 3.8) is 0 Å². The second kappa shape index (κ2) is 15.5. The maximum atomic E-state index is 13.7. The minimum absolute atomic E-state index is 0.0797. The van der Waals surface area contributed by atoms with Crippen LogP contribution in [0, 0.1) is 0 Å². The molecular weight excluding hydrogens is 619 g/mol. The van der Waals surface area contributed by atoms with Crippen LogP contribution in [0.1, 0.15) is 37.1 Å². The van der Waals surface area contributed by atoms with Crippen molar-refractivity contribution in [2.24, 2.45) is 0 Å². The number of hydrogen-bond donors (Lipinski definition) is 3. The third kappa shape index (κ3) is 8.38. The molecule has 3 amide bonds. The second-order valence-electron chi connectivity index (χ2n) is 9.85. The molecule has 0 saturated carbocycles. The summed E-state index contributed by atoms with van der Waals surface area (Å²) in [5.74, 6) is -1.82. The number of esters is 1. The van der Waals surface area contributed by atoms with Gasteiger partial charge in [0, 0.05) is 16.1 Å². The normalized spacial score (nSPS) is 11.6. The standard InChI is InChI=1S/C36H29N3O5S2/c1-44-36(43)29-17-8-9-18-30(29)38-35(42)32(25-11-4-2-5-12-25)46-28-16-10-15-27(22-28)37-34(41)31(21-24-19-20-45-23-24)39-33(40)26-13-6-3-7-14-26/h2-23,32H,1H3,(H,37,41)(H,38,42)(H,39,40)/b31-21+. The molecule has 8 nitrogen and oxygen atoms in total. The molecule has 1 unspecified atom stereocenters. The molecule has 5 rings (SSSR count). The van der Waals surface area contributed by atoms with Crippen molar-refractivity contribution in [1.29, 1.82) is 0 Å². The Morgan fingerprint density at radius 1 is 0.804 bits per heavy atom. The van der Waals surface area contributed by atoms with Crippen LogP contribution in [-0.2, 0) is 14.3 Å². The summed E-state index contributed by atoms with van der Waals surface area (Å²) >= 11 is 2.76. The molecule has 0 aliphatic heterocycles. The number of benzene rings is 4. The van der Waals surface area contributed by atoms with E-state index in [0.29, 0.717) is 21.8 Å². The van der Waals surface area contributed by atoms with E-state index in [4.69, 9.17) is 4.74 Å². The minimum atomic E-state index is -0.697. The van der Waals surface area contributed by atoms with Crippen molar-refractivity contribution in [2.45, 2.75) is 10.1 Å². The summed E-state index contributed by atoms with van der Waals surface area (Å²) in [6.45, 7) is 0. The molecule has 230 valence electrons. The SMILES string of the molecule is COC(=O)c1ccccc1NC(=O)C(Sc1cccc(NC(=O)/C(=C\c2ccsc2)NC(=O)c2ccccc2)c1)c1ccccc1. The highest BCUT2D eigenvalue weighted by Crippen LogP contribution is 2.37. The molecule has 0 fully saturated rings. The number of anilines is 2. The van der Waals surface area contributed by atoms with Gasteiger partial charge in [-0.25, -0.2) is 4.79 Å². The lowest BCUT2D eigenvalue weighted by atomic mass is 10.1. The monoisotopic (exact) mass is 647 g/mol. The van der Waals surface area contributed by atoms with Crippen LogP contribution in [0.5, 0.6) is 0 Å². The average molecular weight is 648 g/mol. The van der Waals surface area contributed by atoms with Gasteiger partial charge in [0.2, 0.25) is 5.91 Å². The fourth-order valence-corrected chi connectivity index (χ4v) is 6.13. The maximum absolute atomic E-state index is 13.7. The quantitative estimate of drug-likeness (QED) is 0.0782. The fraction of sp³-hybridized carbons (Fsp3) is 0.0556. The first-order valence-corrected chi connectivity index (χ1v) is 15.9. The zero-order valence-electron chi connectivity index (χ0n) is 24.6. The van der Waals surface area contributed by atoms with Gasteiger partial charge in [-0.15, -0.1) is 11.8 Å². The van der Waals surface area contributed by atoms with Crippen LogP contribution in [0.15, 0.2) is 137 Å². The molecule has 4 aromatic carbocycles. The van der Waals surface area contributed by atoms with Crippen LogP contribution in [0.4, 0.5) is 11.4 Å². The van der Waals surface area contributed by atoms with E-state index in [1.54, 1.807) is 72.8 Å². The van der Waals surface area contributed by atoms with Gasteiger partial charge >= 0.3 is 5.97 Å². The summed E-state index contributed by atoms with van der Waals surface area (Å²) in [5.41, 5.74) is 3.08. The van der Waals surface area contributed by atoms with Crippen molar-refractivity contribution in [2.75, 3.05) is 17.7 Å². The van der Waals surface area contributed by atoms with Gasteiger partial charge in [-0.3, -0.25) is 14.4 Å². The van der Waals surface area contributed by atoms with Gasteiger partial charge < -0.3 is 20.7 Å². The molecule has 0 aliphatic rings. The van der Waals surface area contributed by atoms with E-state index in [1.165, 1.54) is 30.2 Å². The maximum Gasteiger partial charge on any atom is 0.339 e. The lowest BCUT2D eigenvalue weighted by molar-refractivity contribution is -0.116. The highest BCUT2D eigenvalue weighted by atomic mass is 32.2. The molecule has 1 heterocycles. The van der Waals surface area contributed by atoms with Gasteiger partial charge in [-0.05, 0) is 76.5 Å². The van der Waals surface area contributed by atoms with Gasteiger partial charge in [0.1, 0.15) is 10.9 Å². The van der Waals surface area contributed by atoms with Gasteiger partial charge in [-0.1, -0.05) is 66.7 Å². The van der Waals surface area contributed by atoms with Gasteiger partial charge in [0.25, 0.3) is 11.8 Å². The number of amides is 3. The lowest BCUT2D eigenvalue weighted by Gasteiger charge is -2.19. The van der Waals surface area contributed by atoms with E-state index >= 15 is 0 Å². The first-order valence-electron chi connectivity index (χ1n) is 14.1. The topological polar surface area (TPSA) is 114 Å². The number of rotatable bonds is 11. The van der Waals surface area contributed by atoms with Crippen LogP contribution >= 0.6 is 23.1 Å². The number of carbonyl (C=O) groups excluding carboxylic acids is 4. The molecule has 0 aliphatic carbocycles. The van der Waals surface area contributed by atoms with E-state index in [9.17, 15) is 19.2 Å². The van der Waals surface area contributed by atoms with Crippen LogP contribution in [-0.4, -0.2) is 30.8 Å². The van der Waals surface area contributed by atoms with Crippen LogP contribution in [0.3, 0.4) is 0 Å².